The molecule has 6 heteroatoms. The lowest BCUT2D eigenvalue weighted by Gasteiger charge is -2.17. The molecular weight excluding hydrogens is 353 g/mol. The quantitative estimate of drug-likeness (QED) is 0.562. The number of hydrogen-bond donors (Lipinski definition) is 3. The molecule has 1 heterocycles. The number of aromatic nitrogens is 2. The van der Waals surface area contributed by atoms with Crippen molar-refractivity contribution in [2.24, 2.45) is 11.7 Å². The molecule has 1 aliphatic rings. The van der Waals surface area contributed by atoms with Crippen LogP contribution in [-0.2, 0) is 6.42 Å². The minimum Gasteiger partial charge on any atom is -0.367 e. The predicted octanol–water partition coefficient (Wildman–Crippen LogP) is 4.53. The smallest absolute Gasteiger partial charge is 0.229 e. The van der Waals surface area contributed by atoms with Crippen molar-refractivity contribution in [2.75, 3.05) is 17.2 Å². The number of para-hydroxylation sites is 1. The first-order valence-electron chi connectivity index (χ1n) is 9.84. The third-order valence-electron chi connectivity index (χ3n) is 5.35. The fourth-order valence-corrected chi connectivity index (χ4v) is 3.46. The molecule has 1 saturated carbocycles. The molecule has 4 rings (SSSR count). The van der Waals surface area contributed by atoms with Gasteiger partial charge in [0.1, 0.15) is 11.6 Å². The van der Waals surface area contributed by atoms with Crippen molar-refractivity contribution in [1.29, 1.82) is 0 Å². The number of fused-ring (bicyclic) bond motifs is 1. The Morgan fingerprint density at radius 2 is 2.04 bits per heavy atom. The van der Waals surface area contributed by atoms with Crippen molar-refractivity contribution in [3.8, 4) is 0 Å². The predicted molar refractivity (Wildman–Crippen MR) is 113 cm³/mol. The first kappa shape index (κ1) is 18.6. The summed E-state index contributed by atoms with van der Waals surface area (Å²) in [6, 6.07) is 11.5. The van der Waals surface area contributed by atoms with Crippen LogP contribution in [0.2, 0.25) is 0 Å². The van der Waals surface area contributed by atoms with E-state index in [-0.39, 0.29) is 5.82 Å². The average molecular weight is 379 g/mol. The lowest BCUT2D eigenvalue weighted by atomic mass is 10.1. The Morgan fingerprint density at radius 3 is 2.75 bits per heavy atom. The fraction of sp³-hybridized carbons (Fsp3) is 0.364. The number of nitrogens with zero attached hydrogens (tertiary/aromatic N) is 2. The second-order valence-electron chi connectivity index (χ2n) is 7.61. The number of nitrogens with one attached hydrogen (secondary N) is 2. The summed E-state index contributed by atoms with van der Waals surface area (Å²) in [5, 5.41) is 7.71. The van der Waals surface area contributed by atoms with Gasteiger partial charge in [0, 0.05) is 17.1 Å². The lowest BCUT2D eigenvalue weighted by Crippen LogP contribution is -2.19. The van der Waals surface area contributed by atoms with Gasteiger partial charge in [0.15, 0.2) is 0 Å². The first-order chi connectivity index (χ1) is 13.5. The molecule has 1 aromatic heterocycles. The molecule has 28 heavy (non-hydrogen) atoms. The summed E-state index contributed by atoms with van der Waals surface area (Å²) in [7, 11) is 0. The van der Waals surface area contributed by atoms with E-state index in [0.717, 1.165) is 28.7 Å². The van der Waals surface area contributed by atoms with Crippen LogP contribution in [0.4, 0.5) is 21.8 Å². The topological polar surface area (TPSA) is 75.9 Å². The summed E-state index contributed by atoms with van der Waals surface area (Å²) >= 11 is 0. The van der Waals surface area contributed by atoms with E-state index in [0.29, 0.717) is 35.7 Å². The molecule has 0 spiro atoms. The molecule has 2 aromatic carbocycles. The Bertz CT molecular complexity index is 1000. The van der Waals surface area contributed by atoms with E-state index in [9.17, 15) is 4.39 Å². The zero-order valence-electron chi connectivity index (χ0n) is 16.3. The third kappa shape index (κ3) is 3.92. The molecule has 0 bridgehead atoms. The van der Waals surface area contributed by atoms with Gasteiger partial charge in [-0.15, -0.1) is 0 Å². The van der Waals surface area contributed by atoms with Crippen molar-refractivity contribution < 1.29 is 4.39 Å². The fourth-order valence-electron chi connectivity index (χ4n) is 3.46. The van der Waals surface area contributed by atoms with Gasteiger partial charge in [0.25, 0.3) is 0 Å². The van der Waals surface area contributed by atoms with E-state index in [1.165, 1.54) is 18.9 Å². The Hall–Kier alpha value is -2.73. The molecule has 4 N–H and O–H groups in total. The number of hydrogen-bond acceptors (Lipinski definition) is 5. The number of nitrogens with two attached hydrogens (primary N) is 1. The highest BCUT2D eigenvalue weighted by molar-refractivity contribution is 5.92. The zero-order valence-corrected chi connectivity index (χ0v) is 16.3. The summed E-state index contributed by atoms with van der Waals surface area (Å²) in [6.07, 6.45) is 3.25. The molecule has 0 saturated heterocycles. The Labute approximate surface area is 164 Å². The van der Waals surface area contributed by atoms with Crippen molar-refractivity contribution in [3.05, 3.63) is 53.3 Å². The molecule has 0 unspecified atom stereocenters. The number of halogens is 1. The summed E-state index contributed by atoms with van der Waals surface area (Å²) in [6.45, 7) is 4.49. The van der Waals surface area contributed by atoms with Crippen molar-refractivity contribution in [1.82, 2.24) is 9.97 Å². The molecule has 0 amide bonds. The minimum absolute atomic E-state index is 0.254. The summed E-state index contributed by atoms with van der Waals surface area (Å²) < 4.78 is 13.9. The van der Waals surface area contributed by atoms with Gasteiger partial charge in [-0.3, -0.25) is 0 Å². The van der Waals surface area contributed by atoms with Crippen LogP contribution in [0, 0.1) is 18.7 Å². The van der Waals surface area contributed by atoms with Crippen LogP contribution in [0.5, 0.6) is 0 Å². The van der Waals surface area contributed by atoms with Gasteiger partial charge in [-0.25, -0.2) is 9.37 Å². The normalized spacial score (nSPS) is 14.9. The molecule has 0 radical (unpaired) electrons. The number of rotatable bonds is 7. The molecule has 5 nitrogen and oxygen atoms in total. The lowest BCUT2D eigenvalue weighted by molar-refractivity contribution is 0.619. The van der Waals surface area contributed by atoms with Crippen LogP contribution in [0.25, 0.3) is 10.9 Å². The Kier molecular flexibility index (Phi) is 5.13. The Morgan fingerprint density at radius 1 is 1.21 bits per heavy atom. The van der Waals surface area contributed by atoms with E-state index in [1.54, 1.807) is 13.0 Å². The SMILES string of the molecule is Cc1ccc(Nc2nc(N[C@H](C)C3CC3)c3cccc(CCN)c3n2)cc1F. The average Bonchev–Trinajstić information content (AvgIpc) is 3.51. The van der Waals surface area contributed by atoms with Gasteiger partial charge in [-0.2, -0.15) is 4.98 Å². The van der Waals surface area contributed by atoms with Gasteiger partial charge >= 0.3 is 0 Å². The van der Waals surface area contributed by atoms with E-state index < -0.39 is 0 Å². The van der Waals surface area contributed by atoms with Crippen LogP contribution < -0.4 is 16.4 Å². The van der Waals surface area contributed by atoms with Crippen LogP contribution in [0.15, 0.2) is 36.4 Å². The van der Waals surface area contributed by atoms with Gasteiger partial charge < -0.3 is 16.4 Å². The van der Waals surface area contributed by atoms with E-state index >= 15 is 0 Å². The summed E-state index contributed by atoms with van der Waals surface area (Å²) in [5.74, 6) is 1.69. The van der Waals surface area contributed by atoms with Crippen molar-refractivity contribution >= 4 is 28.4 Å². The standard InChI is InChI=1S/C22H26FN5/c1-13-6-9-17(12-19(13)23)26-22-27-20-16(10-11-24)4-3-5-18(20)21(28-22)25-14(2)15-7-8-15/h3-6,9,12,14-15H,7-8,10-11,24H2,1-2H3,(H2,25,26,27,28)/t14-/m1/s1. The van der Waals surface area contributed by atoms with Gasteiger partial charge in [-0.1, -0.05) is 18.2 Å². The highest BCUT2D eigenvalue weighted by atomic mass is 19.1. The zero-order chi connectivity index (χ0) is 19.7. The molecule has 146 valence electrons. The van der Waals surface area contributed by atoms with Crippen LogP contribution >= 0.6 is 0 Å². The number of benzene rings is 2. The molecule has 0 aliphatic heterocycles. The molecule has 3 aromatic rings. The van der Waals surface area contributed by atoms with Crippen molar-refractivity contribution in [2.45, 2.75) is 39.2 Å². The highest BCUT2D eigenvalue weighted by Gasteiger charge is 2.28. The maximum atomic E-state index is 13.9. The molecule has 1 fully saturated rings. The maximum Gasteiger partial charge on any atom is 0.229 e. The highest BCUT2D eigenvalue weighted by Crippen LogP contribution is 2.35. The third-order valence-corrected chi connectivity index (χ3v) is 5.35. The van der Waals surface area contributed by atoms with Gasteiger partial charge in [0.05, 0.1) is 5.52 Å². The second-order valence-corrected chi connectivity index (χ2v) is 7.61. The van der Waals surface area contributed by atoms with Crippen LogP contribution in [0.1, 0.15) is 30.9 Å². The number of anilines is 3. The van der Waals surface area contributed by atoms with E-state index in [2.05, 4.69) is 17.6 Å². The summed E-state index contributed by atoms with van der Waals surface area (Å²) in [4.78, 5) is 9.44. The molecule has 1 aliphatic carbocycles. The maximum absolute atomic E-state index is 13.9. The summed E-state index contributed by atoms with van der Waals surface area (Å²) in [5.41, 5.74) is 8.99. The molecular formula is C22H26FN5. The largest absolute Gasteiger partial charge is 0.367 e. The van der Waals surface area contributed by atoms with Gasteiger partial charge in [0.2, 0.25) is 5.95 Å². The molecule has 1 atom stereocenters. The van der Waals surface area contributed by atoms with Crippen LogP contribution in [-0.4, -0.2) is 22.6 Å². The van der Waals surface area contributed by atoms with E-state index in [4.69, 9.17) is 15.7 Å². The second kappa shape index (κ2) is 7.72. The first-order valence-corrected chi connectivity index (χ1v) is 9.84. The van der Waals surface area contributed by atoms with Crippen molar-refractivity contribution in [3.63, 3.8) is 0 Å². The Balaban J connectivity index is 1.76. The number of aryl methyl sites for hydroxylation is 1. The van der Waals surface area contributed by atoms with Crippen LogP contribution in [0.3, 0.4) is 0 Å². The van der Waals surface area contributed by atoms with Gasteiger partial charge in [-0.05, 0) is 74.9 Å². The van der Waals surface area contributed by atoms with E-state index in [1.807, 2.05) is 24.3 Å². The monoisotopic (exact) mass is 379 g/mol. The minimum atomic E-state index is -0.254.